The summed E-state index contributed by atoms with van der Waals surface area (Å²) in [6.45, 7) is 0.425. The van der Waals surface area contributed by atoms with Crippen molar-refractivity contribution in [1.29, 1.82) is 0 Å². The van der Waals surface area contributed by atoms with E-state index in [9.17, 15) is 13.6 Å². The van der Waals surface area contributed by atoms with E-state index in [1.54, 1.807) is 25.3 Å². The highest BCUT2D eigenvalue weighted by molar-refractivity contribution is 5.94. The van der Waals surface area contributed by atoms with Gasteiger partial charge in [0.2, 0.25) is 5.89 Å². The first kappa shape index (κ1) is 26.4. The van der Waals surface area contributed by atoms with Crippen molar-refractivity contribution in [2.75, 3.05) is 13.7 Å². The van der Waals surface area contributed by atoms with Crippen molar-refractivity contribution in [2.45, 2.75) is 31.8 Å². The van der Waals surface area contributed by atoms with Crippen molar-refractivity contribution in [2.24, 2.45) is 11.7 Å². The summed E-state index contributed by atoms with van der Waals surface area (Å²) in [5, 5.41) is 2.64. The van der Waals surface area contributed by atoms with Gasteiger partial charge < -0.3 is 24.9 Å². The molecule has 3 N–H and O–H groups in total. The van der Waals surface area contributed by atoms with E-state index in [4.69, 9.17) is 19.6 Å². The normalized spacial score (nSPS) is 13.6. The Morgan fingerprint density at radius 3 is 2.62 bits per heavy atom. The zero-order chi connectivity index (χ0) is 27.4. The smallest absolute Gasteiger partial charge is 0.273 e. The van der Waals surface area contributed by atoms with Crippen LogP contribution in [-0.2, 0) is 13.0 Å². The Hall–Kier alpha value is -4.24. The van der Waals surface area contributed by atoms with Gasteiger partial charge in [0.15, 0.2) is 23.0 Å². The monoisotopic (exact) mass is 533 g/mol. The van der Waals surface area contributed by atoms with Gasteiger partial charge in [-0.3, -0.25) is 4.79 Å². The van der Waals surface area contributed by atoms with Gasteiger partial charge in [-0.05, 0) is 55.0 Å². The van der Waals surface area contributed by atoms with Gasteiger partial charge in [-0.25, -0.2) is 13.8 Å². The van der Waals surface area contributed by atoms with E-state index in [1.807, 2.05) is 30.3 Å². The van der Waals surface area contributed by atoms with E-state index in [2.05, 4.69) is 10.3 Å². The van der Waals surface area contributed by atoms with Gasteiger partial charge in [-0.15, -0.1) is 0 Å². The van der Waals surface area contributed by atoms with Crippen LogP contribution in [0.5, 0.6) is 11.5 Å². The molecule has 0 unspecified atom stereocenters. The first-order valence-corrected chi connectivity index (χ1v) is 12.7. The number of methoxy groups -OCH3 is 1. The standard InChI is InChI=1S/C30H29F2N3O4/c1-37-25-12-10-20(14-26(25)38-17-19-7-8-19)30-35-27(28(39-30)24(33)13-18-5-3-2-4-6-18)29(36)34-16-21-9-11-22(31)15-23(21)32/h2-6,9-12,14-15,19,24H,7-8,13,16-17,33H2,1H3,(H,34,36)/t24-/m0/s1. The predicted octanol–water partition coefficient (Wildman–Crippen LogP) is 5.59. The minimum Gasteiger partial charge on any atom is -0.493 e. The molecule has 7 nitrogen and oxygen atoms in total. The van der Waals surface area contributed by atoms with Crippen molar-refractivity contribution in [3.8, 4) is 23.0 Å². The van der Waals surface area contributed by atoms with Crippen LogP contribution in [-0.4, -0.2) is 24.6 Å². The summed E-state index contributed by atoms with van der Waals surface area (Å²) in [5.41, 5.74) is 8.18. The quantitative estimate of drug-likeness (QED) is 0.261. The highest BCUT2D eigenvalue weighted by Crippen LogP contribution is 2.36. The molecule has 5 rings (SSSR count). The third-order valence-corrected chi connectivity index (χ3v) is 6.54. The molecule has 0 aliphatic heterocycles. The molecular formula is C30H29F2N3O4. The van der Waals surface area contributed by atoms with Crippen molar-refractivity contribution in [3.63, 3.8) is 0 Å². The number of oxazole rings is 1. The molecule has 39 heavy (non-hydrogen) atoms. The molecule has 0 saturated heterocycles. The summed E-state index contributed by atoms with van der Waals surface area (Å²) in [6, 6.07) is 17.3. The first-order chi connectivity index (χ1) is 18.9. The molecular weight excluding hydrogens is 504 g/mol. The number of amides is 1. The van der Waals surface area contributed by atoms with E-state index in [0.29, 0.717) is 36.0 Å². The maximum atomic E-state index is 14.1. The van der Waals surface area contributed by atoms with Gasteiger partial charge in [0, 0.05) is 23.7 Å². The lowest BCUT2D eigenvalue weighted by atomic mass is 10.0. The lowest BCUT2D eigenvalue weighted by Crippen LogP contribution is -2.26. The highest BCUT2D eigenvalue weighted by Gasteiger charge is 2.27. The number of benzene rings is 3. The number of nitrogens with one attached hydrogen (secondary N) is 1. The van der Waals surface area contributed by atoms with Crippen molar-refractivity contribution in [3.05, 3.63) is 101 Å². The fourth-order valence-corrected chi connectivity index (χ4v) is 4.17. The fourth-order valence-electron chi connectivity index (χ4n) is 4.17. The number of rotatable bonds is 11. The summed E-state index contributed by atoms with van der Waals surface area (Å²) in [6.07, 6.45) is 2.69. The molecule has 1 fully saturated rings. The largest absolute Gasteiger partial charge is 0.493 e. The topological polar surface area (TPSA) is 99.6 Å². The van der Waals surface area contributed by atoms with E-state index in [1.165, 1.54) is 6.07 Å². The first-order valence-electron chi connectivity index (χ1n) is 12.7. The van der Waals surface area contributed by atoms with Gasteiger partial charge in [-0.1, -0.05) is 36.4 Å². The molecule has 1 atom stereocenters. The van der Waals surface area contributed by atoms with Gasteiger partial charge in [0.05, 0.1) is 19.8 Å². The van der Waals surface area contributed by atoms with E-state index in [0.717, 1.165) is 30.5 Å². The molecule has 1 aliphatic rings. The molecule has 9 heteroatoms. The number of hydrogen-bond acceptors (Lipinski definition) is 6. The van der Waals surface area contributed by atoms with Gasteiger partial charge >= 0.3 is 0 Å². The summed E-state index contributed by atoms with van der Waals surface area (Å²) < 4.78 is 44.9. The zero-order valence-corrected chi connectivity index (χ0v) is 21.5. The van der Waals surface area contributed by atoms with Crippen molar-refractivity contribution >= 4 is 5.91 Å². The highest BCUT2D eigenvalue weighted by atomic mass is 19.1. The Kier molecular flexibility index (Phi) is 7.88. The molecule has 1 amide bonds. The van der Waals surface area contributed by atoms with E-state index >= 15 is 0 Å². The number of nitrogens with two attached hydrogens (primary N) is 1. The Balaban J connectivity index is 1.44. The number of ether oxygens (including phenoxy) is 2. The van der Waals surface area contributed by atoms with E-state index < -0.39 is 23.6 Å². The van der Waals surface area contributed by atoms with Gasteiger partial charge in [0.1, 0.15) is 11.6 Å². The van der Waals surface area contributed by atoms with Crippen LogP contribution in [0.15, 0.2) is 71.1 Å². The second kappa shape index (κ2) is 11.7. The van der Waals surface area contributed by atoms with Crippen molar-refractivity contribution in [1.82, 2.24) is 10.3 Å². The van der Waals surface area contributed by atoms with Crippen LogP contribution in [0, 0.1) is 17.6 Å². The summed E-state index contributed by atoms with van der Waals surface area (Å²) in [4.78, 5) is 17.7. The van der Waals surface area contributed by atoms with Crippen molar-refractivity contribution < 1.29 is 27.5 Å². The second-order valence-corrected chi connectivity index (χ2v) is 9.57. The van der Waals surface area contributed by atoms with Crippen LogP contribution in [0.3, 0.4) is 0 Å². The van der Waals surface area contributed by atoms with Gasteiger partial charge in [0.25, 0.3) is 5.91 Å². The van der Waals surface area contributed by atoms with Crippen LogP contribution >= 0.6 is 0 Å². The minimum atomic E-state index is -0.755. The maximum Gasteiger partial charge on any atom is 0.273 e. The summed E-state index contributed by atoms with van der Waals surface area (Å²) >= 11 is 0. The Morgan fingerprint density at radius 2 is 1.90 bits per heavy atom. The molecule has 0 bridgehead atoms. The van der Waals surface area contributed by atoms with E-state index in [-0.39, 0.29) is 29.5 Å². The summed E-state index contributed by atoms with van der Waals surface area (Å²) in [7, 11) is 1.57. The molecule has 1 heterocycles. The minimum absolute atomic E-state index is 0.00721. The lowest BCUT2D eigenvalue weighted by Gasteiger charge is -2.11. The second-order valence-electron chi connectivity index (χ2n) is 9.57. The molecule has 1 aliphatic carbocycles. The molecule has 0 radical (unpaired) electrons. The fraction of sp³-hybridized carbons (Fsp3) is 0.267. The molecule has 202 valence electrons. The maximum absolute atomic E-state index is 14.1. The predicted molar refractivity (Wildman–Crippen MR) is 141 cm³/mol. The van der Waals surface area contributed by atoms with Crippen LogP contribution in [0.4, 0.5) is 8.78 Å². The average molecular weight is 534 g/mol. The lowest BCUT2D eigenvalue weighted by molar-refractivity contribution is 0.0943. The third-order valence-electron chi connectivity index (χ3n) is 6.54. The Labute approximate surface area is 225 Å². The van der Waals surface area contributed by atoms with Crippen LogP contribution in [0.25, 0.3) is 11.5 Å². The van der Waals surface area contributed by atoms with Crippen LogP contribution < -0.4 is 20.5 Å². The molecule has 4 aromatic rings. The van der Waals surface area contributed by atoms with Crippen LogP contribution in [0.1, 0.15) is 46.3 Å². The number of halogens is 2. The number of carbonyl (C=O) groups excluding carboxylic acids is 1. The van der Waals surface area contributed by atoms with Gasteiger partial charge in [-0.2, -0.15) is 0 Å². The Morgan fingerprint density at radius 1 is 1.10 bits per heavy atom. The molecule has 1 saturated carbocycles. The Bertz CT molecular complexity index is 1450. The SMILES string of the molecule is COc1ccc(-c2nc(C(=O)NCc3ccc(F)cc3F)c([C@@H](N)Cc3ccccc3)o2)cc1OCC1CC1. The molecule has 0 spiro atoms. The molecule has 3 aromatic carbocycles. The molecule has 1 aromatic heterocycles. The van der Waals surface area contributed by atoms with Crippen LogP contribution in [0.2, 0.25) is 0 Å². The number of aromatic nitrogens is 1. The third kappa shape index (κ3) is 6.43. The zero-order valence-electron chi connectivity index (χ0n) is 21.5. The average Bonchev–Trinajstić information content (AvgIpc) is 3.66. The number of nitrogens with zero attached hydrogens (tertiary/aromatic N) is 1. The number of hydrogen-bond donors (Lipinski definition) is 2. The summed E-state index contributed by atoms with van der Waals surface area (Å²) in [5.74, 6) is 0.00821. The number of carbonyl (C=O) groups is 1.